The largest absolute Gasteiger partial charge is 0.277 e. The van der Waals surface area contributed by atoms with E-state index in [1.165, 1.54) is 0 Å². The van der Waals surface area contributed by atoms with E-state index in [0.29, 0.717) is 11.4 Å². The number of rotatable bonds is 7. The SMILES string of the molecule is CC(C)c1c(NN=NC2C(C(C)C)C(=O)N(C)N2c2ccccc2)n(C)n(-c2ccccc2)c1=O. The van der Waals surface area contributed by atoms with Crippen LogP contribution in [0.15, 0.2) is 75.8 Å². The smallest absolute Gasteiger partial charge is 0.273 e. The molecule has 184 valence electrons. The average molecular weight is 476 g/mol. The minimum absolute atomic E-state index is 0.00157. The highest BCUT2D eigenvalue weighted by molar-refractivity contribution is 5.85. The average Bonchev–Trinajstić information content (AvgIpc) is 3.24. The highest BCUT2D eigenvalue weighted by atomic mass is 16.2. The van der Waals surface area contributed by atoms with Crippen LogP contribution >= 0.6 is 0 Å². The molecule has 2 unspecified atom stereocenters. The van der Waals surface area contributed by atoms with Crippen LogP contribution in [-0.4, -0.2) is 33.5 Å². The molecule has 2 atom stereocenters. The van der Waals surface area contributed by atoms with Gasteiger partial charge < -0.3 is 0 Å². The Hall–Kier alpha value is -3.88. The van der Waals surface area contributed by atoms with Gasteiger partial charge in [0.25, 0.3) is 5.56 Å². The number of hydrazine groups is 1. The number of hydrogen-bond acceptors (Lipinski definition) is 5. The molecule has 1 N–H and O–H groups in total. The number of carbonyl (C=O) groups is 1. The van der Waals surface area contributed by atoms with Crippen molar-refractivity contribution in [3.63, 3.8) is 0 Å². The molecule has 0 aliphatic carbocycles. The van der Waals surface area contributed by atoms with Gasteiger partial charge in [-0.2, -0.15) is 0 Å². The van der Waals surface area contributed by atoms with Crippen molar-refractivity contribution in [3.8, 4) is 5.69 Å². The molecule has 1 fully saturated rings. The Kier molecular flexibility index (Phi) is 6.77. The second-order valence-electron chi connectivity index (χ2n) is 9.45. The van der Waals surface area contributed by atoms with Crippen molar-refractivity contribution < 1.29 is 4.79 Å². The molecule has 2 heterocycles. The van der Waals surface area contributed by atoms with Crippen molar-refractivity contribution in [1.29, 1.82) is 0 Å². The summed E-state index contributed by atoms with van der Waals surface area (Å²) in [6.45, 7) is 7.98. The zero-order valence-corrected chi connectivity index (χ0v) is 21.1. The fraction of sp³-hybridized carbons (Fsp3) is 0.385. The Morgan fingerprint density at radius 3 is 1.97 bits per heavy atom. The molecule has 1 saturated heterocycles. The van der Waals surface area contributed by atoms with E-state index in [2.05, 4.69) is 15.8 Å². The van der Waals surface area contributed by atoms with Gasteiger partial charge in [0.2, 0.25) is 5.91 Å². The Bertz CT molecular complexity index is 1260. The second-order valence-corrected chi connectivity index (χ2v) is 9.45. The van der Waals surface area contributed by atoms with E-state index in [0.717, 1.165) is 11.4 Å². The standard InChI is InChI=1S/C26H33N7O2/c1-17(2)21-23(30(5)33(26(21)35)20-15-11-8-12-16-20)27-29-28-24-22(18(3)4)25(34)31(6)32(24)19-13-9-7-10-14-19/h7-18,22,24H,1-6H3,(H,27,28). The topological polar surface area (TPSA) is 87.2 Å². The van der Waals surface area contributed by atoms with E-state index < -0.39 is 6.17 Å². The molecule has 0 bridgehead atoms. The monoisotopic (exact) mass is 475 g/mol. The predicted octanol–water partition coefficient (Wildman–Crippen LogP) is 4.57. The highest BCUT2D eigenvalue weighted by Gasteiger charge is 2.47. The summed E-state index contributed by atoms with van der Waals surface area (Å²) in [4.78, 5) is 26.4. The molecular formula is C26H33N7O2. The molecule has 0 spiro atoms. The van der Waals surface area contributed by atoms with E-state index in [4.69, 9.17) is 0 Å². The lowest BCUT2D eigenvalue weighted by Crippen LogP contribution is -2.39. The van der Waals surface area contributed by atoms with Crippen LogP contribution < -0.4 is 16.0 Å². The molecule has 9 nitrogen and oxygen atoms in total. The fourth-order valence-corrected chi connectivity index (χ4v) is 4.71. The van der Waals surface area contributed by atoms with Gasteiger partial charge in [0.05, 0.1) is 22.9 Å². The molecule has 1 aliphatic heterocycles. The van der Waals surface area contributed by atoms with E-state index in [9.17, 15) is 9.59 Å². The van der Waals surface area contributed by atoms with Gasteiger partial charge in [-0.15, -0.1) is 5.11 Å². The van der Waals surface area contributed by atoms with Gasteiger partial charge in [0.15, 0.2) is 12.0 Å². The summed E-state index contributed by atoms with van der Waals surface area (Å²) in [5, 5.41) is 12.4. The highest BCUT2D eigenvalue weighted by Crippen LogP contribution is 2.35. The van der Waals surface area contributed by atoms with Crippen LogP contribution in [0.4, 0.5) is 11.5 Å². The number of anilines is 2. The summed E-state index contributed by atoms with van der Waals surface area (Å²) in [6.07, 6.45) is -0.516. The first-order chi connectivity index (χ1) is 16.7. The predicted molar refractivity (Wildman–Crippen MR) is 137 cm³/mol. The molecule has 1 aliphatic rings. The van der Waals surface area contributed by atoms with Gasteiger partial charge in [0, 0.05) is 14.1 Å². The lowest BCUT2D eigenvalue weighted by atomic mass is 9.93. The van der Waals surface area contributed by atoms with Crippen LogP contribution in [-0.2, 0) is 11.8 Å². The maximum Gasteiger partial charge on any atom is 0.277 e. The third-order valence-corrected chi connectivity index (χ3v) is 6.45. The number of hydrogen-bond donors (Lipinski definition) is 1. The van der Waals surface area contributed by atoms with Crippen LogP contribution in [0.25, 0.3) is 5.69 Å². The summed E-state index contributed by atoms with van der Waals surface area (Å²) < 4.78 is 3.38. The molecule has 0 saturated carbocycles. The first-order valence-corrected chi connectivity index (χ1v) is 11.9. The normalized spacial score (nSPS) is 18.5. The van der Waals surface area contributed by atoms with Crippen molar-refractivity contribution in [1.82, 2.24) is 14.4 Å². The van der Waals surface area contributed by atoms with E-state index in [-0.39, 0.29) is 29.2 Å². The quantitative estimate of drug-likeness (QED) is 0.401. The van der Waals surface area contributed by atoms with Gasteiger partial charge in [-0.25, -0.2) is 10.1 Å². The lowest BCUT2D eigenvalue weighted by molar-refractivity contribution is -0.131. The number of benzene rings is 2. The second kappa shape index (κ2) is 9.77. The maximum absolute atomic E-state index is 13.3. The number of aromatic nitrogens is 2. The Labute approximate surface area is 205 Å². The molecule has 2 aromatic carbocycles. The molecule has 0 radical (unpaired) electrons. The zero-order chi connectivity index (χ0) is 25.3. The summed E-state index contributed by atoms with van der Waals surface area (Å²) in [5.41, 5.74) is 5.17. The van der Waals surface area contributed by atoms with Crippen LogP contribution in [0.2, 0.25) is 0 Å². The van der Waals surface area contributed by atoms with Crippen molar-refractivity contribution in [2.24, 2.45) is 29.2 Å². The van der Waals surface area contributed by atoms with Gasteiger partial charge in [-0.3, -0.25) is 24.3 Å². The summed E-state index contributed by atoms with van der Waals surface area (Å²) in [7, 11) is 3.58. The van der Waals surface area contributed by atoms with Crippen molar-refractivity contribution >= 4 is 17.4 Å². The van der Waals surface area contributed by atoms with E-state index in [1.807, 2.05) is 100 Å². The summed E-state index contributed by atoms with van der Waals surface area (Å²) >= 11 is 0. The van der Waals surface area contributed by atoms with Crippen LogP contribution in [0, 0.1) is 11.8 Å². The van der Waals surface area contributed by atoms with E-state index >= 15 is 0 Å². The number of nitrogens with zero attached hydrogens (tertiary/aromatic N) is 6. The molecule has 9 heteroatoms. The van der Waals surface area contributed by atoms with Gasteiger partial charge in [0.1, 0.15) is 0 Å². The Balaban J connectivity index is 1.72. The number of nitrogens with one attached hydrogen (secondary N) is 1. The molecule has 35 heavy (non-hydrogen) atoms. The lowest BCUT2D eigenvalue weighted by Gasteiger charge is -2.29. The number of carbonyl (C=O) groups excluding carboxylic acids is 1. The molecule has 1 aromatic heterocycles. The maximum atomic E-state index is 13.3. The van der Waals surface area contributed by atoms with Gasteiger partial charge in [-0.05, 0) is 36.1 Å². The summed E-state index contributed by atoms with van der Waals surface area (Å²) in [6, 6.07) is 19.2. The van der Waals surface area contributed by atoms with E-state index in [1.54, 1.807) is 21.4 Å². The fourth-order valence-electron chi connectivity index (χ4n) is 4.71. The third kappa shape index (κ3) is 4.34. The first kappa shape index (κ1) is 24.3. The molecule has 4 rings (SSSR count). The zero-order valence-electron chi connectivity index (χ0n) is 21.1. The van der Waals surface area contributed by atoms with Crippen LogP contribution in [0.1, 0.15) is 39.2 Å². The molecule has 3 aromatic rings. The minimum atomic E-state index is -0.516. The number of para-hydroxylation sites is 2. The van der Waals surface area contributed by atoms with Crippen LogP contribution in [0.3, 0.4) is 0 Å². The van der Waals surface area contributed by atoms with Gasteiger partial charge in [-0.1, -0.05) is 69.3 Å². The van der Waals surface area contributed by atoms with Crippen molar-refractivity contribution in [2.45, 2.75) is 39.8 Å². The first-order valence-electron chi connectivity index (χ1n) is 11.9. The number of amides is 1. The van der Waals surface area contributed by atoms with Crippen LogP contribution in [0.5, 0.6) is 0 Å². The Morgan fingerprint density at radius 2 is 1.43 bits per heavy atom. The molecular weight excluding hydrogens is 442 g/mol. The van der Waals surface area contributed by atoms with Crippen molar-refractivity contribution in [3.05, 3.63) is 76.6 Å². The van der Waals surface area contributed by atoms with Gasteiger partial charge >= 0.3 is 0 Å². The minimum Gasteiger partial charge on any atom is -0.273 e. The molecule has 1 amide bonds. The third-order valence-electron chi connectivity index (χ3n) is 6.45. The Morgan fingerprint density at radius 1 is 0.857 bits per heavy atom. The summed E-state index contributed by atoms with van der Waals surface area (Å²) in [5.74, 6) is 0.256. The van der Waals surface area contributed by atoms with Crippen molar-refractivity contribution in [2.75, 3.05) is 17.5 Å².